The number of halogens is 1. The van der Waals surface area contributed by atoms with Gasteiger partial charge in [0.15, 0.2) is 0 Å². The quantitative estimate of drug-likeness (QED) is 0.647. The van der Waals surface area contributed by atoms with Gasteiger partial charge in [0.25, 0.3) is 0 Å². The minimum absolute atomic E-state index is 0.252. The molecule has 1 saturated carbocycles. The predicted molar refractivity (Wildman–Crippen MR) is 52.1 cm³/mol. The molecule has 2 rings (SSSR count). The number of aromatic nitrogens is 1. The van der Waals surface area contributed by atoms with E-state index in [1.54, 1.807) is 6.07 Å². The Hall–Kier alpha value is -0.920. The van der Waals surface area contributed by atoms with Gasteiger partial charge in [0, 0.05) is 11.1 Å². The van der Waals surface area contributed by atoms with Crippen LogP contribution < -0.4 is 0 Å². The van der Waals surface area contributed by atoms with Gasteiger partial charge < -0.3 is 0 Å². The van der Waals surface area contributed by atoms with Crippen molar-refractivity contribution < 1.29 is 4.39 Å². The summed E-state index contributed by atoms with van der Waals surface area (Å²) in [5.74, 6) is -0.252. The Morgan fingerprint density at radius 3 is 2.31 bits per heavy atom. The molecule has 13 heavy (non-hydrogen) atoms. The van der Waals surface area contributed by atoms with Gasteiger partial charge in [-0.3, -0.25) is 4.98 Å². The monoisotopic (exact) mass is 181 g/mol. The smallest absolute Gasteiger partial charge is 0.141 e. The van der Waals surface area contributed by atoms with Crippen molar-refractivity contribution in [2.75, 3.05) is 0 Å². The van der Waals surface area contributed by atoms with Crippen molar-refractivity contribution in [3.05, 3.63) is 29.8 Å². The van der Waals surface area contributed by atoms with Crippen molar-refractivity contribution in [3.63, 3.8) is 0 Å². The van der Waals surface area contributed by atoms with E-state index in [0.29, 0.717) is 0 Å². The highest BCUT2D eigenvalue weighted by atomic mass is 19.1. The molecular weight excluding hydrogens is 165 g/mol. The van der Waals surface area contributed by atoms with Crippen LogP contribution in [0.15, 0.2) is 18.3 Å². The Kier molecular flexibility index (Phi) is 3.02. The first kappa shape index (κ1) is 10.2. The van der Waals surface area contributed by atoms with Gasteiger partial charge in [0.1, 0.15) is 5.82 Å². The second kappa shape index (κ2) is 3.86. The number of rotatable bonds is 1. The number of hydrogen-bond acceptors (Lipinski definition) is 1. The topological polar surface area (TPSA) is 12.9 Å². The molecule has 1 aliphatic rings. The summed E-state index contributed by atoms with van der Waals surface area (Å²) in [6, 6.07) is 3.26. The maximum Gasteiger partial charge on any atom is 0.141 e. The van der Waals surface area contributed by atoms with Crippen molar-refractivity contribution in [2.45, 2.75) is 39.0 Å². The molecule has 1 aliphatic carbocycles. The Morgan fingerprint density at radius 1 is 1.31 bits per heavy atom. The third kappa shape index (κ3) is 2.27. The number of pyridine rings is 1. The fourth-order valence-corrected chi connectivity index (χ4v) is 1.18. The lowest BCUT2D eigenvalue weighted by Crippen LogP contribution is -2.02. The minimum atomic E-state index is -0.252. The molecule has 2 heteroatoms. The number of hydrogen-bond donors (Lipinski definition) is 0. The second-order valence-electron chi connectivity index (χ2n) is 3.42. The lowest BCUT2D eigenvalue weighted by atomic mass is 10.1. The molecular formula is C11H16FN. The molecule has 0 bridgehead atoms. The maximum atomic E-state index is 12.4. The van der Waals surface area contributed by atoms with Crippen LogP contribution in [0, 0.1) is 5.82 Å². The summed E-state index contributed by atoms with van der Waals surface area (Å²) < 4.78 is 12.4. The van der Waals surface area contributed by atoms with E-state index >= 15 is 0 Å². The van der Waals surface area contributed by atoms with Crippen LogP contribution in [-0.4, -0.2) is 4.98 Å². The fourth-order valence-electron chi connectivity index (χ4n) is 1.18. The summed E-state index contributed by atoms with van der Waals surface area (Å²) in [5, 5.41) is 0. The van der Waals surface area contributed by atoms with Crippen LogP contribution in [-0.2, 0) is 5.41 Å². The predicted octanol–water partition coefficient (Wildman–Crippen LogP) is 3.30. The SMILES string of the molecule is CC.CC1(c2ccc(F)cn2)CC1. The van der Waals surface area contributed by atoms with E-state index in [2.05, 4.69) is 11.9 Å². The molecule has 1 heterocycles. The van der Waals surface area contributed by atoms with Crippen molar-refractivity contribution in [1.29, 1.82) is 0 Å². The standard InChI is InChI=1S/C9H10FN.C2H6/c1-9(4-5-9)8-3-2-7(10)6-11-8;1-2/h2-3,6H,4-5H2,1H3;1-2H3. The second-order valence-corrected chi connectivity index (χ2v) is 3.42. The molecule has 0 spiro atoms. The molecule has 72 valence electrons. The first-order valence-corrected chi connectivity index (χ1v) is 4.83. The molecule has 0 radical (unpaired) electrons. The molecule has 0 aromatic carbocycles. The van der Waals surface area contributed by atoms with E-state index in [1.807, 2.05) is 13.8 Å². The van der Waals surface area contributed by atoms with Gasteiger partial charge >= 0.3 is 0 Å². The van der Waals surface area contributed by atoms with E-state index in [9.17, 15) is 4.39 Å². The molecule has 0 unspecified atom stereocenters. The van der Waals surface area contributed by atoms with Crippen LogP contribution in [0.5, 0.6) is 0 Å². The lowest BCUT2D eigenvalue weighted by molar-refractivity contribution is 0.614. The van der Waals surface area contributed by atoms with E-state index in [4.69, 9.17) is 0 Å². The summed E-state index contributed by atoms with van der Waals surface area (Å²) in [6.07, 6.45) is 3.66. The van der Waals surface area contributed by atoms with Gasteiger partial charge in [-0.25, -0.2) is 4.39 Å². The fraction of sp³-hybridized carbons (Fsp3) is 0.545. The first-order valence-electron chi connectivity index (χ1n) is 4.83. The zero-order chi connectivity index (χ0) is 9.90. The van der Waals surface area contributed by atoms with Crippen LogP contribution in [0.3, 0.4) is 0 Å². The maximum absolute atomic E-state index is 12.4. The molecule has 0 saturated heterocycles. The van der Waals surface area contributed by atoms with Gasteiger partial charge in [-0.15, -0.1) is 0 Å². The molecule has 1 nitrogen and oxygen atoms in total. The summed E-state index contributed by atoms with van der Waals surface area (Å²) in [5.41, 5.74) is 1.28. The largest absolute Gasteiger partial charge is 0.258 e. The summed E-state index contributed by atoms with van der Waals surface area (Å²) in [7, 11) is 0. The van der Waals surface area contributed by atoms with Gasteiger partial charge in [-0.1, -0.05) is 20.8 Å². The van der Waals surface area contributed by atoms with Crippen LogP contribution in [0.4, 0.5) is 4.39 Å². The Morgan fingerprint density at radius 2 is 1.92 bits per heavy atom. The van der Waals surface area contributed by atoms with Crippen LogP contribution in [0.1, 0.15) is 39.3 Å². The van der Waals surface area contributed by atoms with Crippen LogP contribution >= 0.6 is 0 Å². The van der Waals surface area contributed by atoms with E-state index in [1.165, 1.54) is 25.1 Å². The lowest BCUT2D eigenvalue weighted by Gasteiger charge is -2.05. The van der Waals surface area contributed by atoms with Gasteiger partial charge in [0.2, 0.25) is 0 Å². The summed E-state index contributed by atoms with van der Waals surface area (Å²) in [4.78, 5) is 4.04. The third-order valence-corrected chi connectivity index (χ3v) is 2.35. The Bertz CT molecular complexity index is 262. The molecule has 0 N–H and O–H groups in total. The van der Waals surface area contributed by atoms with Crippen LogP contribution in [0.25, 0.3) is 0 Å². The normalized spacial score (nSPS) is 17.2. The van der Waals surface area contributed by atoms with E-state index in [0.717, 1.165) is 5.69 Å². The highest BCUT2D eigenvalue weighted by molar-refractivity contribution is 5.22. The van der Waals surface area contributed by atoms with Crippen molar-refractivity contribution in [3.8, 4) is 0 Å². The minimum Gasteiger partial charge on any atom is -0.258 e. The molecule has 1 aromatic rings. The Labute approximate surface area is 79.0 Å². The van der Waals surface area contributed by atoms with Crippen LogP contribution in [0.2, 0.25) is 0 Å². The number of nitrogens with zero attached hydrogens (tertiary/aromatic N) is 1. The Balaban J connectivity index is 0.000000396. The van der Waals surface area contributed by atoms with Gasteiger partial charge in [0.05, 0.1) is 6.20 Å². The molecule has 0 amide bonds. The zero-order valence-electron chi connectivity index (χ0n) is 8.47. The van der Waals surface area contributed by atoms with E-state index < -0.39 is 0 Å². The molecule has 1 fully saturated rings. The van der Waals surface area contributed by atoms with Gasteiger partial charge in [-0.05, 0) is 25.0 Å². The molecule has 1 aromatic heterocycles. The van der Waals surface area contributed by atoms with Crippen molar-refractivity contribution in [2.24, 2.45) is 0 Å². The summed E-state index contributed by atoms with van der Waals surface area (Å²) in [6.45, 7) is 6.16. The average Bonchev–Trinajstić information content (AvgIpc) is 2.89. The van der Waals surface area contributed by atoms with E-state index in [-0.39, 0.29) is 11.2 Å². The highest BCUT2D eigenvalue weighted by Crippen LogP contribution is 2.46. The molecule has 0 atom stereocenters. The first-order chi connectivity index (χ1) is 6.21. The third-order valence-electron chi connectivity index (χ3n) is 2.35. The summed E-state index contributed by atoms with van der Waals surface area (Å²) >= 11 is 0. The highest BCUT2D eigenvalue weighted by Gasteiger charge is 2.40. The zero-order valence-corrected chi connectivity index (χ0v) is 8.47. The van der Waals surface area contributed by atoms with Crippen molar-refractivity contribution >= 4 is 0 Å². The van der Waals surface area contributed by atoms with Crippen molar-refractivity contribution in [1.82, 2.24) is 4.98 Å². The van der Waals surface area contributed by atoms with Gasteiger partial charge in [-0.2, -0.15) is 0 Å². The average molecular weight is 181 g/mol. The molecule has 0 aliphatic heterocycles.